The zero-order valence-corrected chi connectivity index (χ0v) is 22.1. The van der Waals surface area contributed by atoms with Gasteiger partial charge in [-0.25, -0.2) is 18.1 Å². The molecule has 1 unspecified atom stereocenters. The summed E-state index contributed by atoms with van der Waals surface area (Å²) in [6.45, 7) is 4.38. The van der Waals surface area contributed by atoms with Crippen molar-refractivity contribution in [3.05, 3.63) is 101 Å². The summed E-state index contributed by atoms with van der Waals surface area (Å²) in [5, 5.41) is 3.33. The van der Waals surface area contributed by atoms with Crippen LogP contribution in [-0.4, -0.2) is 43.1 Å². The maximum Gasteiger partial charge on any atom is 0.261 e. The number of sulfonamides is 1. The molecule has 10 heteroatoms. The summed E-state index contributed by atoms with van der Waals surface area (Å²) in [6.07, 6.45) is 1.67. The van der Waals surface area contributed by atoms with Gasteiger partial charge in [-0.15, -0.1) is 0 Å². The van der Waals surface area contributed by atoms with Crippen molar-refractivity contribution >= 4 is 26.8 Å². The average molecular weight is 535 g/mol. The molecule has 38 heavy (non-hydrogen) atoms. The van der Waals surface area contributed by atoms with E-state index in [9.17, 15) is 18.0 Å². The minimum atomic E-state index is -3.66. The van der Waals surface area contributed by atoms with E-state index in [-0.39, 0.29) is 35.9 Å². The first-order valence-corrected chi connectivity index (χ1v) is 13.7. The van der Waals surface area contributed by atoms with Gasteiger partial charge in [0.1, 0.15) is 12.4 Å². The van der Waals surface area contributed by atoms with Crippen molar-refractivity contribution < 1.29 is 17.9 Å². The second kappa shape index (κ2) is 12.0. The minimum Gasteiger partial charge on any atom is -0.492 e. The monoisotopic (exact) mass is 534 g/mol. The number of para-hydroxylation sites is 1. The van der Waals surface area contributed by atoms with Crippen molar-refractivity contribution in [3.63, 3.8) is 0 Å². The zero-order chi connectivity index (χ0) is 27.1. The molecule has 0 aliphatic heterocycles. The standard InChI is InChI=1S/C28H30N4O5S/c1-20-7-13-24(14-8-20)38(35,36)31-21(2)18-29-27(33)17-22-9-11-23(12-10-22)37-16-15-32-19-30-26-6-4-3-5-25(26)28(32)34/h3-14,19,21,31H,15-18H2,1-2H3,(H,29,33). The van der Waals surface area contributed by atoms with Crippen LogP contribution in [0, 0.1) is 6.92 Å². The minimum absolute atomic E-state index is 0.113. The van der Waals surface area contributed by atoms with Gasteiger partial charge < -0.3 is 10.1 Å². The first-order valence-electron chi connectivity index (χ1n) is 12.2. The van der Waals surface area contributed by atoms with E-state index < -0.39 is 16.1 Å². The van der Waals surface area contributed by atoms with Crippen molar-refractivity contribution in [1.82, 2.24) is 19.6 Å². The van der Waals surface area contributed by atoms with E-state index in [2.05, 4.69) is 15.0 Å². The van der Waals surface area contributed by atoms with Crippen molar-refractivity contribution in [3.8, 4) is 5.75 Å². The van der Waals surface area contributed by atoms with Crippen LogP contribution in [0.4, 0.5) is 0 Å². The fourth-order valence-electron chi connectivity index (χ4n) is 3.84. The lowest BCUT2D eigenvalue weighted by Crippen LogP contribution is -2.42. The predicted octanol–water partition coefficient (Wildman–Crippen LogP) is 2.81. The molecule has 1 heterocycles. The van der Waals surface area contributed by atoms with Gasteiger partial charge in [0.15, 0.2) is 0 Å². The number of carbonyl (C=O) groups excluding carboxylic acids is 1. The summed E-state index contributed by atoms with van der Waals surface area (Å²) in [5.41, 5.74) is 2.31. The number of fused-ring (bicyclic) bond motifs is 1. The lowest BCUT2D eigenvalue weighted by atomic mass is 10.1. The predicted molar refractivity (Wildman–Crippen MR) is 146 cm³/mol. The van der Waals surface area contributed by atoms with Crippen molar-refractivity contribution in [1.29, 1.82) is 0 Å². The second-order valence-electron chi connectivity index (χ2n) is 9.07. The number of amides is 1. The van der Waals surface area contributed by atoms with E-state index in [0.29, 0.717) is 23.2 Å². The third-order valence-electron chi connectivity index (χ3n) is 5.91. The number of rotatable bonds is 11. The lowest BCUT2D eigenvalue weighted by Gasteiger charge is -2.15. The van der Waals surface area contributed by atoms with E-state index in [1.165, 1.54) is 10.9 Å². The second-order valence-corrected chi connectivity index (χ2v) is 10.8. The van der Waals surface area contributed by atoms with Crippen LogP contribution >= 0.6 is 0 Å². The van der Waals surface area contributed by atoms with E-state index in [0.717, 1.165) is 11.1 Å². The highest BCUT2D eigenvalue weighted by Gasteiger charge is 2.17. The van der Waals surface area contributed by atoms with Crippen LogP contribution in [0.1, 0.15) is 18.1 Å². The number of aryl methyl sites for hydroxylation is 1. The van der Waals surface area contributed by atoms with E-state index in [1.54, 1.807) is 67.6 Å². The molecular formula is C28H30N4O5S. The van der Waals surface area contributed by atoms with Crippen molar-refractivity contribution in [2.24, 2.45) is 0 Å². The molecule has 1 aromatic heterocycles. The normalized spacial score (nSPS) is 12.3. The van der Waals surface area contributed by atoms with E-state index in [4.69, 9.17) is 4.74 Å². The summed E-state index contributed by atoms with van der Waals surface area (Å²) in [6, 6.07) is 20.4. The molecule has 0 saturated heterocycles. The Bertz CT molecular complexity index is 1570. The molecule has 9 nitrogen and oxygen atoms in total. The van der Waals surface area contributed by atoms with Gasteiger partial charge in [0.25, 0.3) is 5.56 Å². The number of hydrogen-bond acceptors (Lipinski definition) is 6. The Morgan fingerprint density at radius 3 is 2.47 bits per heavy atom. The maximum absolute atomic E-state index is 12.6. The van der Waals surface area contributed by atoms with Gasteiger partial charge in [0, 0.05) is 12.6 Å². The Kier molecular flexibility index (Phi) is 8.55. The molecule has 4 rings (SSSR count). The van der Waals surface area contributed by atoms with Gasteiger partial charge in [-0.05, 0) is 55.8 Å². The molecule has 0 spiro atoms. The molecule has 0 bridgehead atoms. The Morgan fingerprint density at radius 2 is 1.74 bits per heavy atom. The Morgan fingerprint density at radius 1 is 1.03 bits per heavy atom. The van der Waals surface area contributed by atoms with Gasteiger partial charge in [-0.1, -0.05) is 42.0 Å². The van der Waals surface area contributed by atoms with Gasteiger partial charge >= 0.3 is 0 Å². The van der Waals surface area contributed by atoms with Crippen molar-refractivity contribution in [2.75, 3.05) is 13.2 Å². The Hall–Kier alpha value is -4.02. The maximum atomic E-state index is 12.6. The first-order chi connectivity index (χ1) is 18.2. The summed E-state index contributed by atoms with van der Waals surface area (Å²) in [5.74, 6) is 0.401. The zero-order valence-electron chi connectivity index (χ0n) is 21.3. The number of benzene rings is 3. The summed E-state index contributed by atoms with van der Waals surface area (Å²) >= 11 is 0. The van der Waals surface area contributed by atoms with E-state index >= 15 is 0 Å². The van der Waals surface area contributed by atoms with Gasteiger partial charge in [0.05, 0.1) is 35.1 Å². The van der Waals surface area contributed by atoms with Crippen LogP contribution < -0.4 is 20.3 Å². The van der Waals surface area contributed by atoms with Crippen LogP contribution in [0.3, 0.4) is 0 Å². The first kappa shape index (κ1) is 27.0. The Labute approximate surface area is 221 Å². The highest BCUT2D eigenvalue weighted by molar-refractivity contribution is 7.89. The summed E-state index contributed by atoms with van der Waals surface area (Å²) in [4.78, 5) is 29.4. The fourth-order valence-corrected chi connectivity index (χ4v) is 5.08. The van der Waals surface area contributed by atoms with Gasteiger partial charge in [-0.3, -0.25) is 14.2 Å². The quantitative estimate of drug-likeness (QED) is 0.305. The van der Waals surface area contributed by atoms with Crippen LogP contribution in [0.25, 0.3) is 10.9 Å². The molecular weight excluding hydrogens is 504 g/mol. The fraction of sp³-hybridized carbons (Fsp3) is 0.250. The third-order valence-corrected chi connectivity index (χ3v) is 7.52. The number of hydrogen-bond donors (Lipinski definition) is 2. The van der Waals surface area contributed by atoms with Crippen LogP contribution in [0.15, 0.2) is 88.8 Å². The average Bonchev–Trinajstić information content (AvgIpc) is 2.90. The van der Waals surface area contributed by atoms with Gasteiger partial charge in [0.2, 0.25) is 15.9 Å². The highest BCUT2D eigenvalue weighted by atomic mass is 32.2. The smallest absolute Gasteiger partial charge is 0.261 e. The van der Waals surface area contributed by atoms with Crippen LogP contribution in [0.2, 0.25) is 0 Å². The highest BCUT2D eigenvalue weighted by Crippen LogP contribution is 2.13. The number of aromatic nitrogens is 2. The molecule has 2 N–H and O–H groups in total. The molecule has 4 aromatic rings. The SMILES string of the molecule is Cc1ccc(S(=O)(=O)NC(C)CNC(=O)Cc2ccc(OCCn3cnc4ccccc4c3=O)cc2)cc1. The molecule has 0 fully saturated rings. The Balaban J connectivity index is 1.21. The lowest BCUT2D eigenvalue weighted by molar-refractivity contribution is -0.120. The van der Waals surface area contributed by atoms with Crippen LogP contribution in [0.5, 0.6) is 5.75 Å². The van der Waals surface area contributed by atoms with Gasteiger partial charge in [-0.2, -0.15) is 0 Å². The molecule has 1 amide bonds. The molecule has 0 saturated carbocycles. The number of nitrogens with zero attached hydrogens (tertiary/aromatic N) is 2. The van der Waals surface area contributed by atoms with Crippen LogP contribution in [-0.2, 0) is 27.8 Å². The summed E-state index contributed by atoms with van der Waals surface area (Å²) < 4.78 is 34.8. The largest absolute Gasteiger partial charge is 0.492 e. The van der Waals surface area contributed by atoms with Crippen molar-refractivity contribution in [2.45, 2.75) is 37.8 Å². The number of nitrogens with one attached hydrogen (secondary N) is 2. The van der Waals surface area contributed by atoms with E-state index in [1.807, 2.05) is 19.1 Å². The molecule has 3 aromatic carbocycles. The molecule has 198 valence electrons. The number of carbonyl (C=O) groups is 1. The molecule has 1 atom stereocenters. The number of ether oxygens (including phenoxy) is 1. The molecule has 0 radical (unpaired) electrons. The topological polar surface area (TPSA) is 119 Å². The third kappa shape index (κ3) is 7.05. The molecule has 0 aliphatic rings. The molecule has 0 aliphatic carbocycles. The summed E-state index contributed by atoms with van der Waals surface area (Å²) in [7, 11) is -3.66.